The number of aromatic nitrogens is 1. The zero-order valence-electron chi connectivity index (χ0n) is 17.6. The molecular weight excluding hydrogens is 416 g/mol. The minimum absolute atomic E-state index is 0.342. The van der Waals surface area contributed by atoms with Crippen molar-refractivity contribution in [3.05, 3.63) is 58.1 Å². The topological polar surface area (TPSA) is 61.5 Å². The van der Waals surface area contributed by atoms with Crippen molar-refractivity contribution in [1.82, 2.24) is 9.27 Å². The van der Waals surface area contributed by atoms with Gasteiger partial charge >= 0.3 is 0 Å². The van der Waals surface area contributed by atoms with Gasteiger partial charge in [0.15, 0.2) is 0 Å². The van der Waals surface area contributed by atoms with Crippen molar-refractivity contribution in [2.45, 2.75) is 33.7 Å². The predicted octanol–water partition coefficient (Wildman–Crippen LogP) is 6.74. The van der Waals surface area contributed by atoms with E-state index in [2.05, 4.69) is 29.3 Å². The van der Waals surface area contributed by atoms with Crippen LogP contribution in [0.1, 0.15) is 30.5 Å². The molecule has 7 heteroatoms. The van der Waals surface area contributed by atoms with E-state index in [4.69, 9.17) is 16.3 Å². The zero-order valence-corrected chi connectivity index (χ0v) is 19.2. The predicted molar refractivity (Wildman–Crippen MR) is 124 cm³/mol. The molecule has 3 rings (SSSR count). The number of aryl methyl sites for hydroxylation is 2. The van der Waals surface area contributed by atoms with Gasteiger partial charge in [-0.05, 0) is 44.9 Å². The Hall–Kier alpha value is -2.88. The van der Waals surface area contributed by atoms with Gasteiger partial charge in [-0.1, -0.05) is 35.9 Å². The Morgan fingerprint density at radius 2 is 1.97 bits per heavy atom. The second kappa shape index (κ2) is 9.29. The fourth-order valence-electron chi connectivity index (χ4n) is 2.71. The first-order valence-electron chi connectivity index (χ1n) is 9.51. The largest absolute Gasteiger partial charge is 0.443 e. The summed E-state index contributed by atoms with van der Waals surface area (Å²) >= 11 is 7.60. The van der Waals surface area contributed by atoms with E-state index in [0.29, 0.717) is 38.8 Å². The standard InChI is InChI=1S/C23H23ClN4OS/c1-14(2)28(5)13-26-20-10-16(4)21(11-19(20)24)29-23-18(12-25)22(27-30-23)17-9-7-6-8-15(17)3/h6-11,13-14H,1-5H3. The van der Waals surface area contributed by atoms with Crippen LogP contribution in [0.2, 0.25) is 5.02 Å². The van der Waals surface area contributed by atoms with Crippen LogP contribution in [0.15, 0.2) is 41.4 Å². The Morgan fingerprint density at radius 3 is 2.63 bits per heavy atom. The molecule has 0 aliphatic carbocycles. The summed E-state index contributed by atoms with van der Waals surface area (Å²) in [5.41, 5.74) is 4.57. The van der Waals surface area contributed by atoms with E-state index in [9.17, 15) is 5.26 Å². The number of ether oxygens (including phenoxy) is 1. The maximum atomic E-state index is 9.74. The summed E-state index contributed by atoms with van der Waals surface area (Å²) in [6.45, 7) is 8.09. The van der Waals surface area contributed by atoms with E-state index in [0.717, 1.165) is 28.2 Å². The molecule has 5 nitrogen and oxygen atoms in total. The van der Waals surface area contributed by atoms with Crippen LogP contribution < -0.4 is 4.74 Å². The first-order chi connectivity index (χ1) is 14.3. The Bertz CT molecular complexity index is 1130. The quantitative estimate of drug-likeness (QED) is 0.315. The molecule has 0 saturated heterocycles. The number of nitriles is 1. The molecule has 154 valence electrons. The number of nitrogens with zero attached hydrogens (tertiary/aromatic N) is 4. The van der Waals surface area contributed by atoms with Gasteiger partial charge in [-0.25, -0.2) is 4.99 Å². The summed E-state index contributed by atoms with van der Waals surface area (Å²) in [6, 6.07) is 14.0. The van der Waals surface area contributed by atoms with Gasteiger partial charge in [-0.2, -0.15) is 9.64 Å². The summed E-state index contributed by atoms with van der Waals surface area (Å²) in [6.07, 6.45) is 1.76. The lowest BCUT2D eigenvalue weighted by molar-refractivity contribution is 0.429. The Kier molecular flexibility index (Phi) is 6.76. The molecule has 0 aliphatic heterocycles. The second-order valence-electron chi connectivity index (χ2n) is 7.30. The second-order valence-corrected chi connectivity index (χ2v) is 8.44. The fraction of sp³-hybridized carbons (Fsp3) is 0.261. The van der Waals surface area contributed by atoms with E-state index >= 15 is 0 Å². The van der Waals surface area contributed by atoms with E-state index in [1.165, 1.54) is 0 Å². The average Bonchev–Trinajstić information content (AvgIpc) is 3.11. The van der Waals surface area contributed by atoms with Crippen LogP contribution in [-0.4, -0.2) is 28.7 Å². The van der Waals surface area contributed by atoms with Crippen LogP contribution in [0.5, 0.6) is 10.8 Å². The van der Waals surface area contributed by atoms with Crippen LogP contribution in [-0.2, 0) is 0 Å². The first-order valence-corrected chi connectivity index (χ1v) is 10.7. The molecule has 0 N–H and O–H groups in total. The van der Waals surface area contributed by atoms with Gasteiger partial charge in [-0.15, -0.1) is 0 Å². The van der Waals surface area contributed by atoms with Gasteiger partial charge in [0.25, 0.3) is 0 Å². The Balaban J connectivity index is 1.92. The summed E-state index contributed by atoms with van der Waals surface area (Å²) < 4.78 is 10.5. The molecule has 0 spiro atoms. The maximum Gasteiger partial charge on any atom is 0.218 e. The van der Waals surface area contributed by atoms with Crippen molar-refractivity contribution < 1.29 is 4.74 Å². The molecule has 0 bridgehead atoms. The van der Waals surface area contributed by atoms with E-state index in [1.54, 1.807) is 12.4 Å². The molecule has 2 aromatic carbocycles. The molecule has 1 heterocycles. The van der Waals surface area contributed by atoms with Crippen molar-refractivity contribution in [1.29, 1.82) is 5.26 Å². The minimum atomic E-state index is 0.342. The number of aliphatic imine (C=N–C) groups is 1. The van der Waals surface area contributed by atoms with Gasteiger partial charge in [-0.3, -0.25) is 0 Å². The summed E-state index contributed by atoms with van der Waals surface area (Å²) in [5.74, 6) is 0.577. The number of rotatable bonds is 6. The number of halogens is 1. The number of hydrogen-bond donors (Lipinski definition) is 0. The maximum absolute atomic E-state index is 9.74. The molecule has 0 unspecified atom stereocenters. The minimum Gasteiger partial charge on any atom is -0.443 e. The lowest BCUT2D eigenvalue weighted by Gasteiger charge is -2.17. The molecule has 1 aromatic heterocycles. The summed E-state index contributed by atoms with van der Waals surface area (Å²) in [5, 5.41) is 10.7. The summed E-state index contributed by atoms with van der Waals surface area (Å²) in [4.78, 5) is 6.47. The fourth-order valence-corrected chi connectivity index (χ4v) is 3.64. The third kappa shape index (κ3) is 4.64. The van der Waals surface area contributed by atoms with Crippen molar-refractivity contribution in [2.24, 2.45) is 4.99 Å². The van der Waals surface area contributed by atoms with Crippen LogP contribution in [0.25, 0.3) is 11.3 Å². The SMILES string of the molecule is Cc1cc(N=CN(C)C(C)C)c(Cl)cc1Oc1snc(-c2ccccc2C)c1C#N. The molecule has 0 saturated carbocycles. The lowest BCUT2D eigenvalue weighted by atomic mass is 10.0. The van der Waals surface area contributed by atoms with Gasteiger partial charge in [0, 0.05) is 36.3 Å². The van der Waals surface area contributed by atoms with Crippen LogP contribution in [0.4, 0.5) is 5.69 Å². The van der Waals surface area contributed by atoms with Gasteiger partial charge in [0.2, 0.25) is 5.06 Å². The van der Waals surface area contributed by atoms with E-state index < -0.39 is 0 Å². The van der Waals surface area contributed by atoms with Crippen LogP contribution >= 0.6 is 23.1 Å². The normalized spacial score (nSPS) is 11.1. The summed E-state index contributed by atoms with van der Waals surface area (Å²) in [7, 11) is 1.96. The molecular formula is C23H23ClN4OS. The third-order valence-corrected chi connectivity index (χ3v) is 5.84. The highest BCUT2D eigenvalue weighted by Crippen LogP contribution is 2.40. The van der Waals surface area contributed by atoms with Gasteiger partial charge in [0.1, 0.15) is 23.1 Å². The highest BCUT2D eigenvalue weighted by Gasteiger charge is 2.19. The van der Waals surface area contributed by atoms with E-state index in [1.807, 2.05) is 56.1 Å². The van der Waals surface area contributed by atoms with Crippen LogP contribution in [0.3, 0.4) is 0 Å². The number of benzene rings is 2. The molecule has 0 radical (unpaired) electrons. The van der Waals surface area contributed by atoms with Crippen molar-refractivity contribution >= 4 is 35.2 Å². The lowest BCUT2D eigenvalue weighted by Crippen LogP contribution is -2.24. The van der Waals surface area contributed by atoms with Crippen molar-refractivity contribution in [2.75, 3.05) is 7.05 Å². The molecule has 0 fully saturated rings. The van der Waals surface area contributed by atoms with Crippen molar-refractivity contribution in [3.8, 4) is 28.1 Å². The molecule has 0 atom stereocenters. The molecule has 30 heavy (non-hydrogen) atoms. The molecule has 0 aliphatic rings. The first kappa shape index (κ1) is 21.8. The van der Waals surface area contributed by atoms with Gasteiger partial charge in [0.05, 0.1) is 17.0 Å². The smallest absolute Gasteiger partial charge is 0.218 e. The Morgan fingerprint density at radius 1 is 1.23 bits per heavy atom. The molecule has 0 amide bonds. The zero-order chi connectivity index (χ0) is 21.8. The molecule has 3 aromatic rings. The van der Waals surface area contributed by atoms with Crippen molar-refractivity contribution in [3.63, 3.8) is 0 Å². The van der Waals surface area contributed by atoms with Gasteiger partial charge < -0.3 is 9.64 Å². The van der Waals surface area contributed by atoms with E-state index in [-0.39, 0.29) is 0 Å². The average molecular weight is 439 g/mol. The van der Waals surface area contributed by atoms with Crippen LogP contribution in [0, 0.1) is 25.2 Å². The highest BCUT2D eigenvalue weighted by molar-refractivity contribution is 7.08. The Labute approximate surface area is 186 Å². The number of hydrogen-bond acceptors (Lipinski definition) is 5. The monoisotopic (exact) mass is 438 g/mol. The highest BCUT2D eigenvalue weighted by atomic mass is 35.5. The third-order valence-electron chi connectivity index (χ3n) is 4.81.